The molecular weight excluding hydrogens is 265 g/mol. The van der Waals surface area contributed by atoms with Crippen molar-refractivity contribution in [1.82, 2.24) is 4.98 Å². The minimum Gasteiger partial charge on any atom is -0.495 e. The van der Waals surface area contributed by atoms with Gasteiger partial charge in [-0.05, 0) is 28.1 Å². The highest BCUT2D eigenvalue weighted by Gasteiger charge is 2.09. The highest BCUT2D eigenvalue weighted by molar-refractivity contribution is 9.10. The van der Waals surface area contributed by atoms with E-state index < -0.39 is 5.82 Å². The average Bonchev–Trinajstić information content (AvgIpc) is 2.22. The first-order chi connectivity index (χ1) is 7.13. The first-order valence-electron chi connectivity index (χ1n) is 4.18. The fourth-order valence-electron chi connectivity index (χ4n) is 1.39. The van der Waals surface area contributed by atoms with E-state index in [1.807, 2.05) is 0 Å². The van der Waals surface area contributed by atoms with Crippen LogP contribution in [-0.4, -0.2) is 12.1 Å². The predicted molar refractivity (Wildman–Crippen MR) is 58.8 cm³/mol. The van der Waals surface area contributed by atoms with Crippen LogP contribution in [0.3, 0.4) is 0 Å². The number of H-pyrrole nitrogens is 1. The second-order valence-electron chi connectivity index (χ2n) is 3.00. The van der Waals surface area contributed by atoms with E-state index in [9.17, 15) is 9.18 Å². The van der Waals surface area contributed by atoms with Crippen molar-refractivity contribution in [3.8, 4) is 5.75 Å². The van der Waals surface area contributed by atoms with Crippen molar-refractivity contribution in [2.75, 3.05) is 7.11 Å². The van der Waals surface area contributed by atoms with Crippen LogP contribution in [-0.2, 0) is 0 Å². The highest BCUT2D eigenvalue weighted by atomic mass is 79.9. The maximum absolute atomic E-state index is 13.3. The van der Waals surface area contributed by atoms with Gasteiger partial charge in [0.15, 0.2) is 0 Å². The number of rotatable bonds is 1. The monoisotopic (exact) mass is 271 g/mol. The third-order valence-electron chi connectivity index (χ3n) is 2.12. The van der Waals surface area contributed by atoms with Crippen LogP contribution in [0.2, 0.25) is 0 Å². The largest absolute Gasteiger partial charge is 0.495 e. The van der Waals surface area contributed by atoms with E-state index in [2.05, 4.69) is 20.9 Å². The number of hydrogen-bond donors (Lipinski definition) is 1. The van der Waals surface area contributed by atoms with Crippen LogP contribution in [0.4, 0.5) is 4.39 Å². The predicted octanol–water partition coefficient (Wildman–Crippen LogP) is 2.44. The molecule has 1 N–H and O–H groups in total. The molecule has 0 spiro atoms. The Balaban J connectivity index is 2.95. The Labute approximate surface area is 93.0 Å². The Morgan fingerprint density at radius 1 is 1.40 bits per heavy atom. The minimum atomic E-state index is -0.425. The lowest BCUT2D eigenvalue weighted by atomic mass is 10.1. The van der Waals surface area contributed by atoms with Gasteiger partial charge in [0.1, 0.15) is 11.6 Å². The maximum Gasteiger partial charge on any atom is 0.256 e. The Bertz CT molecular complexity index is 579. The summed E-state index contributed by atoms with van der Waals surface area (Å²) in [4.78, 5) is 14.0. The summed E-state index contributed by atoms with van der Waals surface area (Å²) in [5.41, 5.74) is -0.272. The molecule has 5 heteroatoms. The number of aromatic amines is 1. The molecule has 78 valence electrons. The molecular formula is C10H7BrFNO2. The second kappa shape index (κ2) is 3.66. The molecule has 1 aromatic heterocycles. The summed E-state index contributed by atoms with van der Waals surface area (Å²) in [5, 5.41) is 0.851. The van der Waals surface area contributed by atoms with E-state index in [0.717, 1.165) is 0 Å². The molecule has 0 fully saturated rings. The van der Waals surface area contributed by atoms with E-state index in [0.29, 0.717) is 16.5 Å². The Morgan fingerprint density at radius 3 is 2.80 bits per heavy atom. The Morgan fingerprint density at radius 2 is 2.13 bits per heavy atom. The van der Waals surface area contributed by atoms with Gasteiger partial charge >= 0.3 is 0 Å². The van der Waals surface area contributed by atoms with Crippen LogP contribution in [0.15, 0.2) is 27.6 Å². The third-order valence-corrected chi connectivity index (χ3v) is 2.73. The van der Waals surface area contributed by atoms with E-state index in [-0.39, 0.29) is 10.0 Å². The summed E-state index contributed by atoms with van der Waals surface area (Å²) < 4.78 is 18.6. The number of ether oxygens (including phenoxy) is 1. The fourth-order valence-corrected chi connectivity index (χ4v) is 1.74. The number of nitrogens with one attached hydrogen (secondary N) is 1. The zero-order valence-corrected chi connectivity index (χ0v) is 9.39. The van der Waals surface area contributed by atoms with Crippen molar-refractivity contribution < 1.29 is 9.13 Å². The number of pyridine rings is 1. The highest BCUT2D eigenvalue weighted by Crippen LogP contribution is 2.26. The molecule has 2 rings (SSSR count). The third kappa shape index (κ3) is 1.63. The van der Waals surface area contributed by atoms with Gasteiger partial charge in [0, 0.05) is 11.6 Å². The summed E-state index contributed by atoms with van der Waals surface area (Å²) in [5.74, 6) is 0.0161. The van der Waals surface area contributed by atoms with Crippen LogP contribution in [0.25, 0.3) is 10.8 Å². The molecule has 1 aromatic carbocycles. The zero-order chi connectivity index (χ0) is 11.0. The molecule has 0 saturated carbocycles. The van der Waals surface area contributed by atoms with E-state index in [1.54, 1.807) is 0 Å². The molecule has 0 radical (unpaired) electrons. The molecule has 0 aliphatic carbocycles. The molecule has 15 heavy (non-hydrogen) atoms. The summed E-state index contributed by atoms with van der Waals surface area (Å²) in [7, 11) is 1.47. The Hall–Kier alpha value is -1.36. The minimum absolute atomic E-state index is 0.258. The van der Waals surface area contributed by atoms with Gasteiger partial charge in [-0.15, -0.1) is 0 Å². The first kappa shape index (κ1) is 10.2. The number of methoxy groups -OCH3 is 1. The summed E-state index contributed by atoms with van der Waals surface area (Å²) in [6.45, 7) is 0. The average molecular weight is 272 g/mol. The second-order valence-corrected chi connectivity index (χ2v) is 3.85. The molecule has 2 aromatic rings. The van der Waals surface area contributed by atoms with E-state index in [4.69, 9.17) is 4.74 Å². The zero-order valence-electron chi connectivity index (χ0n) is 7.80. The van der Waals surface area contributed by atoms with Crippen LogP contribution >= 0.6 is 15.9 Å². The molecule has 0 aliphatic heterocycles. The number of fused-ring (bicyclic) bond motifs is 1. The van der Waals surface area contributed by atoms with Gasteiger partial charge in [0.25, 0.3) is 5.56 Å². The molecule has 0 bridgehead atoms. The van der Waals surface area contributed by atoms with Crippen molar-refractivity contribution in [3.63, 3.8) is 0 Å². The van der Waals surface area contributed by atoms with Crippen molar-refractivity contribution in [2.45, 2.75) is 0 Å². The molecule has 0 amide bonds. The van der Waals surface area contributed by atoms with Crippen LogP contribution in [0, 0.1) is 5.82 Å². The Kier molecular flexibility index (Phi) is 2.48. The lowest BCUT2D eigenvalue weighted by Gasteiger charge is -2.05. The van der Waals surface area contributed by atoms with Gasteiger partial charge in [0.05, 0.1) is 17.0 Å². The number of benzene rings is 1. The van der Waals surface area contributed by atoms with Crippen LogP contribution in [0.5, 0.6) is 5.75 Å². The molecule has 0 atom stereocenters. The van der Waals surface area contributed by atoms with Crippen molar-refractivity contribution in [1.29, 1.82) is 0 Å². The summed E-state index contributed by atoms with van der Waals surface area (Å²) in [6.07, 6.45) is 1.41. The van der Waals surface area contributed by atoms with E-state index in [1.165, 1.54) is 25.4 Å². The van der Waals surface area contributed by atoms with Gasteiger partial charge in [-0.1, -0.05) is 0 Å². The standard InChI is InChI=1S/C10H7BrFNO2/c1-15-9-4-13-10(14)6-2-7(11)8(12)3-5(6)9/h2-4H,1H3,(H,13,14). The van der Waals surface area contributed by atoms with Gasteiger partial charge in [-0.2, -0.15) is 0 Å². The fraction of sp³-hybridized carbons (Fsp3) is 0.100. The first-order valence-corrected chi connectivity index (χ1v) is 4.97. The van der Waals surface area contributed by atoms with Crippen molar-refractivity contribution in [2.24, 2.45) is 0 Å². The normalized spacial score (nSPS) is 10.6. The van der Waals surface area contributed by atoms with Gasteiger partial charge in [-0.25, -0.2) is 4.39 Å². The summed E-state index contributed by atoms with van der Waals surface area (Å²) in [6, 6.07) is 2.71. The van der Waals surface area contributed by atoms with Crippen molar-refractivity contribution >= 4 is 26.7 Å². The quantitative estimate of drug-likeness (QED) is 0.866. The smallest absolute Gasteiger partial charge is 0.256 e. The SMILES string of the molecule is COc1c[nH]c(=O)c2cc(Br)c(F)cc12. The van der Waals surface area contributed by atoms with Gasteiger partial charge in [-0.3, -0.25) is 4.79 Å². The lowest BCUT2D eigenvalue weighted by Crippen LogP contribution is -2.06. The number of aromatic nitrogens is 1. The topological polar surface area (TPSA) is 42.1 Å². The number of halogens is 2. The van der Waals surface area contributed by atoms with Crippen LogP contribution < -0.4 is 10.3 Å². The molecule has 0 saturated heterocycles. The molecule has 0 unspecified atom stereocenters. The van der Waals surface area contributed by atoms with Crippen molar-refractivity contribution in [3.05, 3.63) is 39.0 Å². The maximum atomic E-state index is 13.3. The lowest BCUT2D eigenvalue weighted by molar-refractivity contribution is 0.417. The van der Waals surface area contributed by atoms with E-state index >= 15 is 0 Å². The molecule has 0 aliphatic rings. The number of hydrogen-bond acceptors (Lipinski definition) is 2. The molecule has 3 nitrogen and oxygen atoms in total. The van der Waals surface area contributed by atoms with Crippen LogP contribution in [0.1, 0.15) is 0 Å². The van der Waals surface area contributed by atoms with Gasteiger partial charge in [0.2, 0.25) is 0 Å². The molecule has 1 heterocycles. The summed E-state index contributed by atoms with van der Waals surface area (Å²) >= 11 is 3.03. The van der Waals surface area contributed by atoms with Gasteiger partial charge < -0.3 is 9.72 Å².